The van der Waals surface area contributed by atoms with Crippen molar-refractivity contribution in [2.45, 2.75) is 33.1 Å². The number of carbonyl (C=O) groups is 1. The molecule has 0 radical (unpaired) electrons. The number of fused-ring (bicyclic) bond motifs is 1. The number of hydrogen-bond donors (Lipinski definition) is 2. The minimum Gasteiger partial charge on any atom is -0.372 e. The molecule has 2 heterocycles. The van der Waals surface area contributed by atoms with Gasteiger partial charge in [-0.05, 0) is 29.7 Å². The first-order valence-electron chi connectivity index (χ1n) is 6.92. The van der Waals surface area contributed by atoms with E-state index >= 15 is 0 Å². The number of nitrogens with one attached hydrogen (secondary N) is 2. The zero-order valence-electron chi connectivity index (χ0n) is 11.8. The molecule has 21 heavy (non-hydrogen) atoms. The smallest absolute Gasteiger partial charge is 0.319 e. The van der Waals surface area contributed by atoms with Gasteiger partial charge in [-0.1, -0.05) is 13.0 Å². The first kappa shape index (κ1) is 14.0. The minimum absolute atomic E-state index is 0.220. The van der Waals surface area contributed by atoms with Crippen molar-refractivity contribution in [2.75, 3.05) is 5.32 Å². The van der Waals surface area contributed by atoms with Crippen LogP contribution in [0.5, 0.6) is 0 Å². The van der Waals surface area contributed by atoms with Gasteiger partial charge in [0.25, 0.3) is 0 Å². The number of nitrogens with zero attached hydrogens (tertiary/aromatic N) is 1. The van der Waals surface area contributed by atoms with Gasteiger partial charge in [0.1, 0.15) is 5.01 Å². The Morgan fingerprint density at radius 2 is 2.24 bits per heavy atom. The van der Waals surface area contributed by atoms with E-state index in [-0.39, 0.29) is 6.03 Å². The normalized spacial score (nSPS) is 13.0. The minimum atomic E-state index is -0.220. The van der Waals surface area contributed by atoms with Crippen molar-refractivity contribution >= 4 is 23.1 Å². The van der Waals surface area contributed by atoms with E-state index in [1.807, 2.05) is 23.6 Å². The zero-order chi connectivity index (χ0) is 14.7. The van der Waals surface area contributed by atoms with Crippen molar-refractivity contribution in [3.8, 4) is 0 Å². The fourth-order valence-corrected chi connectivity index (χ4v) is 2.99. The molecule has 2 amide bonds. The van der Waals surface area contributed by atoms with Gasteiger partial charge in [-0.25, -0.2) is 9.78 Å². The summed E-state index contributed by atoms with van der Waals surface area (Å²) in [6.45, 7) is 3.79. The Balaban J connectivity index is 1.54. The van der Waals surface area contributed by atoms with Crippen LogP contribution in [0.1, 0.15) is 28.8 Å². The van der Waals surface area contributed by atoms with Gasteiger partial charge in [-0.15, -0.1) is 11.3 Å². The van der Waals surface area contributed by atoms with Gasteiger partial charge < -0.3 is 15.4 Å². The molecular formula is C15H17N3O2S. The number of aryl methyl sites for hydroxylation is 1. The van der Waals surface area contributed by atoms with Crippen LogP contribution in [0.3, 0.4) is 0 Å². The topological polar surface area (TPSA) is 63.2 Å². The fourth-order valence-electron chi connectivity index (χ4n) is 2.17. The molecule has 0 bridgehead atoms. The van der Waals surface area contributed by atoms with E-state index in [1.54, 1.807) is 11.3 Å². The maximum atomic E-state index is 11.9. The van der Waals surface area contributed by atoms with E-state index in [9.17, 15) is 4.79 Å². The van der Waals surface area contributed by atoms with E-state index in [2.05, 4.69) is 22.5 Å². The number of amides is 2. The molecule has 110 valence electrons. The number of aromatic nitrogens is 1. The summed E-state index contributed by atoms with van der Waals surface area (Å²) in [7, 11) is 0. The predicted molar refractivity (Wildman–Crippen MR) is 82.3 cm³/mol. The second kappa shape index (κ2) is 6.24. The highest BCUT2D eigenvalue weighted by molar-refractivity contribution is 7.09. The standard InChI is InChI=1S/C15H17N3O2S/c1-2-12-9-21-14(17-12)6-16-15(19)18-13-4-3-10-7-20-8-11(10)5-13/h3-5,9H,2,6-8H2,1H3,(H2,16,18,19). The zero-order valence-corrected chi connectivity index (χ0v) is 12.6. The van der Waals surface area contributed by atoms with Crippen molar-refractivity contribution in [3.05, 3.63) is 45.4 Å². The van der Waals surface area contributed by atoms with Crippen molar-refractivity contribution in [3.63, 3.8) is 0 Å². The van der Waals surface area contributed by atoms with Crippen LogP contribution in [0.2, 0.25) is 0 Å². The van der Waals surface area contributed by atoms with Gasteiger partial charge in [-0.3, -0.25) is 0 Å². The Morgan fingerprint density at radius 1 is 1.38 bits per heavy atom. The van der Waals surface area contributed by atoms with Crippen LogP contribution in [0.4, 0.5) is 10.5 Å². The highest BCUT2D eigenvalue weighted by Crippen LogP contribution is 2.23. The molecule has 2 aromatic rings. The molecule has 0 spiro atoms. The molecule has 1 aromatic carbocycles. The molecule has 1 aliphatic rings. The molecular weight excluding hydrogens is 286 g/mol. The number of anilines is 1. The average Bonchev–Trinajstić information content (AvgIpc) is 3.13. The summed E-state index contributed by atoms with van der Waals surface area (Å²) in [5.74, 6) is 0. The molecule has 5 nitrogen and oxygen atoms in total. The van der Waals surface area contributed by atoms with Gasteiger partial charge in [0.15, 0.2) is 0 Å². The summed E-state index contributed by atoms with van der Waals surface area (Å²) in [6, 6.07) is 5.63. The maximum absolute atomic E-state index is 11.9. The molecule has 0 aliphatic carbocycles. The summed E-state index contributed by atoms with van der Waals surface area (Å²) in [6.07, 6.45) is 0.917. The second-order valence-electron chi connectivity index (χ2n) is 4.87. The van der Waals surface area contributed by atoms with Crippen LogP contribution in [0.25, 0.3) is 0 Å². The van der Waals surface area contributed by atoms with E-state index in [0.29, 0.717) is 19.8 Å². The van der Waals surface area contributed by atoms with Gasteiger partial charge in [-0.2, -0.15) is 0 Å². The summed E-state index contributed by atoms with van der Waals surface area (Å²) in [5, 5.41) is 8.60. The SMILES string of the molecule is CCc1csc(CNC(=O)Nc2ccc3c(c2)COC3)n1. The van der Waals surface area contributed by atoms with E-state index in [0.717, 1.165) is 28.4 Å². The monoisotopic (exact) mass is 303 g/mol. The lowest BCUT2D eigenvalue weighted by Crippen LogP contribution is -2.28. The number of benzene rings is 1. The van der Waals surface area contributed by atoms with Crippen LogP contribution < -0.4 is 10.6 Å². The number of hydrogen-bond acceptors (Lipinski definition) is 4. The Kier molecular flexibility index (Phi) is 4.17. The molecule has 6 heteroatoms. The summed E-state index contributed by atoms with van der Waals surface area (Å²) in [4.78, 5) is 16.3. The lowest BCUT2D eigenvalue weighted by molar-refractivity contribution is 0.134. The van der Waals surface area contributed by atoms with Crippen LogP contribution >= 0.6 is 11.3 Å². The van der Waals surface area contributed by atoms with Crippen molar-refractivity contribution in [1.29, 1.82) is 0 Å². The van der Waals surface area contributed by atoms with Gasteiger partial charge in [0.2, 0.25) is 0 Å². The summed E-state index contributed by atoms with van der Waals surface area (Å²) in [5.41, 5.74) is 4.18. The van der Waals surface area contributed by atoms with E-state index in [4.69, 9.17) is 4.74 Å². The third-order valence-corrected chi connectivity index (χ3v) is 4.24. The fraction of sp³-hybridized carbons (Fsp3) is 0.333. The highest BCUT2D eigenvalue weighted by Gasteiger charge is 2.12. The molecule has 1 aromatic heterocycles. The van der Waals surface area contributed by atoms with Crippen LogP contribution in [-0.4, -0.2) is 11.0 Å². The van der Waals surface area contributed by atoms with E-state index in [1.165, 1.54) is 5.56 Å². The number of carbonyl (C=O) groups excluding carboxylic acids is 1. The Labute approximate surface area is 127 Å². The number of ether oxygens (including phenoxy) is 1. The third-order valence-electron chi connectivity index (χ3n) is 3.34. The number of rotatable bonds is 4. The van der Waals surface area contributed by atoms with Crippen molar-refractivity contribution < 1.29 is 9.53 Å². The Bertz CT molecular complexity index is 654. The molecule has 1 aliphatic heterocycles. The van der Waals surface area contributed by atoms with Gasteiger partial charge in [0.05, 0.1) is 25.5 Å². The molecule has 0 fully saturated rings. The maximum Gasteiger partial charge on any atom is 0.319 e. The molecule has 0 atom stereocenters. The lowest BCUT2D eigenvalue weighted by atomic mass is 10.1. The Hall–Kier alpha value is -1.92. The van der Waals surface area contributed by atoms with Crippen molar-refractivity contribution in [2.24, 2.45) is 0 Å². The van der Waals surface area contributed by atoms with Crippen molar-refractivity contribution in [1.82, 2.24) is 10.3 Å². The molecule has 2 N–H and O–H groups in total. The van der Waals surface area contributed by atoms with Crippen LogP contribution in [0, 0.1) is 0 Å². The average molecular weight is 303 g/mol. The molecule has 0 saturated carbocycles. The summed E-state index contributed by atoms with van der Waals surface area (Å²) >= 11 is 1.57. The first-order chi connectivity index (χ1) is 10.2. The number of urea groups is 1. The largest absolute Gasteiger partial charge is 0.372 e. The Morgan fingerprint density at radius 3 is 3.05 bits per heavy atom. The van der Waals surface area contributed by atoms with E-state index < -0.39 is 0 Å². The van der Waals surface area contributed by atoms with Crippen LogP contribution in [0.15, 0.2) is 23.6 Å². The molecule has 0 unspecified atom stereocenters. The first-order valence-corrected chi connectivity index (χ1v) is 7.80. The second-order valence-corrected chi connectivity index (χ2v) is 5.81. The van der Waals surface area contributed by atoms with Gasteiger partial charge in [0, 0.05) is 11.1 Å². The quantitative estimate of drug-likeness (QED) is 0.912. The highest BCUT2D eigenvalue weighted by atomic mass is 32.1. The summed E-state index contributed by atoms with van der Waals surface area (Å²) < 4.78 is 5.36. The molecule has 3 rings (SSSR count). The van der Waals surface area contributed by atoms with Gasteiger partial charge >= 0.3 is 6.03 Å². The number of thiazole rings is 1. The molecule has 0 saturated heterocycles. The van der Waals surface area contributed by atoms with Crippen LogP contribution in [-0.2, 0) is 30.9 Å². The predicted octanol–water partition coefficient (Wildman–Crippen LogP) is 3.06. The lowest BCUT2D eigenvalue weighted by Gasteiger charge is -2.07. The third kappa shape index (κ3) is 3.40.